The smallest absolute Gasteiger partial charge is 0.506 e. The zero-order chi connectivity index (χ0) is 21.8. The van der Waals surface area contributed by atoms with E-state index in [9.17, 15) is 32.7 Å². The van der Waals surface area contributed by atoms with Gasteiger partial charge >= 0.3 is 18.3 Å². The van der Waals surface area contributed by atoms with Gasteiger partial charge in [-0.1, -0.05) is 12.1 Å². The number of ether oxygens (including phenoxy) is 3. The Balaban J connectivity index is 2.56. The Hall–Kier alpha value is -3.50. The number of pyridine rings is 1. The summed E-state index contributed by atoms with van der Waals surface area (Å²) in [6.07, 6.45) is -4.38. The molecule has 0 saturated heterocycles. The summed E-state index contributed by atoms with van der Waals surface area (Å²) < 4.78 is 49.9. The minimum absolute atomic E-state index is 0.202. The van der Waals surface area contributed by atoms with Crippen molar-refractivity contribution in [2.45, 2.75) is 18.7 Å². The summed E-state index contributed by atoms with van der Waals surface area (Å²) in [5, 5.41) is 10.4. The van der Waals surface area contributed by atoms with E-state index in [2.05, 4.69) is 19.2 Å². The highest BCUT2D eigenvalue weighted by Gasteiger charge is 2.32. The molecule has 156 valence electrons. The summed E-state index contributed by atoms with van der Waals surface area (Å²) in [5.41, 5.74) is -1.30. The number of carbonyl (C=O) groups excluding carboxylic acids is 2. The molecule has 29 heavy (non-hydrogen) atoms. The van der Waals surface area contributed by atoms with Crippen LogP contribution in [0.2, 0.25) is 0 Å². The number of alkyl halides is 3. The molecule has 0 saturated carbocycles. The standard InChI is InChI=1S/C18H16F3NO7/c1-27-13(23)7-11(9-3-5-10(6-4-9)29-18(19,20)21)14-15(24)12(17(26)28-2)8-22-16(14)25/h3-6,8,11H,7H2,1-2H3,(H2,22,24,25)/t11-/m1/s1. The highest BCUT2D eigenvalue weighted by atomic mass is 19.4. The van der Waals surface area contributed by atoms with Gasteiger partial charge in [0.15, 0.2) is 0 Å². The second-order valence-corrected chi connectivity index (χ2v) is 5.74. The van der Waals surface area contributed by atoms with Crippen LogP contribution in [0.25, 0.3) is 0 Å². The lowest BCUT2D eigenvalue weighted by molar-refractivity contribution is -0.274. The van der Waals surface area contributed by atoms with Crippen molar-refractivity contribution in [1.29, 1.82) is 0 Å². The van der Waals surface area contributed by atoms with Crippen LogP contribution in [-0.4, -0.2) is 42.6 Å². The number of aromatic nitrogens is 1. The van der Waals surface area contributed by atoms with Gasteiger partial charge in [0.05, 0.1) is 26.2 Å². The Kier molecular flexibility index (Phi) is 6.52. The van der Waals surface area contributed by atoms with E-state index in [4.69, 9.17) is 0 Å². The summed E-state index contributed by atoms with van der Waals surface area (Å²) in [6, 6.07) is 4.36. The van der Waals surface area contributed by atoms with Gasteiger partial charge < -0.3 is 24.3 Å². The average Bonchev–Trinajstić information content (AvgIpc) is 2.66. The number of hydrogen-bond acceptors (Lipinski definition) is 7. The first kappa shape index (κ1) is 21.8. The van der Waals surface area contributed by atoms with Crippen LogP contribution in [0.1, 0.15) is 33.8 Å². The normalized spacial score (nSPS) is 12.2. The van der Waals surface area contributed by atoms with Crippen LogP contribution >= 0.6 is 0 Å². The van der Waals surface area contributed by atoms with E-state index in [0.717, 1.165) is 32.5 Å². The zero-order valence-electron chi connectivity index (χ0n) is 15.2. The van der Waals surface area contributed by atoms with Crippen molar-refractivity contribution in [3.63, 3.8) is 0 Å². The second kappa shape index (κ2) is 8.67. The first-order valence-electron chi connectivity index (χ1n) is 8.02. The highest BCUT2D eigenvalue weighted by Crippen LogP contribution is 2.35. The monoisotopic (exact) mass is 415 g/mol. The van der Waals surface area contributed by atoms with E-state index in [-0.39, 0.29) is 16.7 Å². The van der Waals surface area contributed by atoms with E-state index in [1.165, 1.54) is 12.1 Å². The van der Waals surface area contributed by atoms with Crippen LogP contribution in [-0.2, 0) is 14.3 Å². The number of halogens is 3. The SMILES string of the molecule is COC(=O)C[C@H](c1ccc(OC(F)(F)F)cc1)c1c(O)c(C(=O)OC)c[nH]c1=O. The van der Waals surface area contributed by atoms with Crippen LogP contribution < -0.4 is 10.3 Å². The van der Waals surface area contributed by atoms with Crippen LogP contribution in [0.15, 0.2) is 35.3 Å². The third-order valence-electron chi connectivity index (χ3n) is 3.97. The molecule has 1 aromatic heterocycles. The number of benzene rings is 1. The highest BCUT2D eigenvalue weighted by molar-refractivity contribution is 5.92. The van der Waals surface area contributed by atoms with Gasteiger partial charge in [-0.05, 0) is 17.7 Å². The molecular weight excluding hydrogens is 399 g/mol. The number of aromatic hydroxyl groups is 1. The van der Waals surface area contributed by atoms with E-state index in [1.54, 1.807) is 0 Å². The maximum atomic E-state index is 12.3. The number of aromatic amines is 1. The van der Waals surface area contributed by atoms with Crippen molar-refractivity contribution >= 4 is 11.9 Å². The Morgan fingerprint density at radius 3 is 2.28 bits per heavy atom. The molecule has 0 fully saturated rings. The van der Waals surface area contributed by atoms with Crippen LogP contribution in [0.5, 0.6) is 11.5 Å². The second-order valence-electron chi connectivity index (χ2n) is 5.74. The number of esters is 2. The van der Waals surface area contributed by atoms with Crippen LogP contribution in [0.4, 0.5) is 13.2 Å². The molecule has 1 atom stereocenters. The molecule has 0 amide bonds. The zero-order valence-corrected chi connectivity index (χ0v) is 15.2. The Labute approximate surface area is 161 Å². The van der Waals surface area contributed by atoms with Gasteiger partial charge in [-0.3, -0.25) is 9.59 Å². The topological polar surface area (TPSA) is 115 Å². The predicted molar refractivity (Wildman–Crippen MR) is 91.7 cm³/mol. The molecule has 2 rings (SSSR count). The molecule has 1 aromatic carbocycles. The minimum Gasteiger partial charge on any atom is -0.506 e. The predicted octanol–water partition coefficient (Wildman–Crippen LogP) is 2.46. The third kappa shape index (κ3) is 5.27. The third-order valence-corrected chi connectivity index (χ3v) is 3.97. The molecule has 2 N–H and O–H groups in total. The van der Waals surface area contributed by atoms with Gasteiger partial charge in [-0.2, -0.15) is 0 Å². The largest absolute Gasteiger partial charge is 0.573 e. The number of hydrogen-bond donors (Lipinski definition) is 2. The summed E-state index contributed by atoms with van der Waals surface area (Å²) >= 11 is 0. The summed E-state index contributed by atoms with van der Waals surface area (Å²) in [6.45, 7) is 0. The molecule has 0 aliphatic carbocycles. The van der Waals surface area contributed by atoms with Gasteiger partial charge in [-0.25, -0.2) is 4.79 Å². The Morgan fingerprint density at radius 2 is 1.76 bits per heavy atom. The van der Waals surface area contributed by atoms with E-state index >= 15 is 0 Å². The molecular formula is C18H16F3NO7. The van der Waals surface area contributed by atoms with Crippen molar-refractivity contribution in [3.8, 4) is 11.5 Å². The van der Waals surface area contributed by atoms with Crippen molar-refractivity contribution in [1.82, 2.24) is 4.98 Å². The molecule has 0 unspecified atom stereocenters. The van der Waals surface area contributed by atoms with E-state index < -0.39 is 47.7 Å². The first-order valence-corrected chi connectivity index (χ1v) is 8.02. The molecule has 0 aliphatic heterocycles. The Morgan fingerprint density at radius 1 is 1.14 bits per heavy atom. The molecule has 0 aliphatic rings. The van der Waals surface area contributed by atoms with Gasteiger partial charge in [0.25, 0.3) is 5.56 Å². The molecule has 11 heteroatoms. The van der Waals surface area contributed by atoms with E-state index in [0.29, 0.717) is 0 Å². The molecule has 1 heterocycles. The lowest BCUT2D eigenvalue weighted by Crippen LogP contribution is -2.22. The van der Waals surface area contributed by atoms with Gasteiger partial charge in [0.2, 0.25) is 0 Å². The number of nitrogens with one attached hydrogen (secondary N) is 1. The summed E-state index contributed by atoms with van der Waals surface area (Å²) in [4.78, 5) is 38.2. The number of rotatable bonds is 6. The van der Waals surface area contributed by atoms with Crippen molar-refractivity contribution < 1.29 is 42.1 Å². The molecule has 0 spiro atoms. The van der Waals surface area contributed by atoms with Crippen molar-refractivity contribution in [3.05, 3.63) is 57.5 Å². The lowest BCUT2D eigenvalue weighted by Gasteiger charge is -2.19. The maximum absolute atomic E-state index is 12.3. The number of methoxy groups -OCH3 is 2. The Bertz CT molecular complexity index is 951. The van der Waals surface area contributed by atoms with Crippen LogP contribution in [0.3, 0.4) is 0 Å². The summed E-state index contributed by atoms with van der Waals surface area (Å²) in [7, 11) is 2.17. The molecule has 0 radical (unpaired) electrons. The minimum atomic E-state index is -4.89. The van der Waals surface area contributed by atoms with Gasteiger partial charge in [0, 0.05) is 12.1 Å². The molecule has 2 aromatic rings. The van der Waals surface area contributed by atoms with Crippen molar-refractivity contribution in [2.24, 2.45) is 0 Å². The van der Waals surface area contributed by atoms with Crippen LogP contribution in [0, 0.1) is 0 Å². The maximum Gasteiger partial charge on any atom is 0.573 e. The molecule has 8 nitrogen and oxygen atoms in total. The van der Waals surface area contributed by atoms with E-state index in [1.807, 2.05) is 0 Å². The van der Waals surface area contributed by atoms with Crippen molar-refractivity contribution in [2.75, 3.05) is 14.2 Å². The number of H-pyrrole nitrogens is 1. The van der Waals surface area contributed by atoms with Gasteiger partial charge in [-0.15, -0.1) is 13.2 Å². The first-order chi connectivity index (χ1) is 13.6. The fraction of sp³-hybridized carbons (Fsp3) is 0.278. The summed E-state index contributed by atoms with van der Waals surface area (Å²) in [5.74, 6) is -4.06. The van der Waals surface area contributed by atoms with Gasteiger partial charge in [0.1, 0.15) is 17.1 Å². The quantitative estimate of drug-likeness (QED) is 0.697. The fourth-order valence-corrected chi connectivity index (χ4v) is 2.66. The lowest BCUT2D eigenvalue weighted by atomic mass is 9.88. The molecule has 0 bridgehead atoms. The fourth-order valence-electron chi connectivity index (χ4n) is 2.66. The average molecular weight is 415 g/mol. The number of carbonyl (C=O) groups is 2.